The molecule has 1 rings (SSSR count). The van der Waals surface area contributed by atoms with Gasteiger partial charge >= 0.3 is 5.97 Å². The summed E-state index contributed by atoms with van der Waals surface area (Å²) in [5, 5.41) is 8.79. The maximum absolute atomic E-state index is 10.7. The highest BCUT2D eigenvalue weighted by atomic mass is 16.4. The Morgan fingerprint density at radius 2 is 1.91 bits per heavy atom. The Morgan fingerprint density at radius 3 is 2.00 bits per heavy atom. The van der Waals surface area contributed by atoms with Crippen molar-refractivity contribution in [2.75, 3.05) is 0 Å². The van der Waals surface area contributed by atoms with Gasteiger partial charge in [-0.15, -0.1) is 0 Å². The first-order valence-corrected chi connectivity index (χ1v) is 3.57. The predicted octanol–water partition coefficient (Wildman–Crippen LogP) is 0.932. The number of carbonyl (C=O) groups is 2. The van der Waals surface area contributed by atoms with Crippen LogP contribution in [0.1, 0.15) is 20.8 Å². The van der Waals surface area contributed by atoms with Gasteiger partial charge in [-0.2, -0.15) is 0 Å². The van der Waals surface area contributed by atoms with E-state index in [9.17, 15) is 9.59 Å². The van der Waals surface area contributed by atoms with Crippen molar-refractivity contribution in [1.82, 2.24) is 0 Å². The van der Waals surface area contributed by atoms with Crippen LogP contribution in [0.2, 0.25) is 0 Å². The normalized spacial score (nSPS) is 39.7. The summed E-state index contributed by atoms with van der Waals surface area (Å²) in [6.45, 7) is 5.23. The summed E-state index contributed by atoms with van der Waals surface area (Å²) in [5.74, 6) is -1.20. The lowest BCUT2D eigenvalue weighted by atomic mass is 9.99. The maximum atomic E-state index is 10.7. The van der Waals surface area contributed by atoms with Crippen LogP contribution in [-0.2, 0) is 9.59 Å². The Kier molecular flexibility index (Phi) is 1.38. The molecule has 0 aromatic carbocycles. The Hall–Kier alpha value is -0.860. The van der Waals surface area contributed by atoms with Crippen LogP contribution in [0.25, 0.3) is 0 Å². The zero-order valence-corrected chi connectivity index (χ0v) is 6.92. The fourth-order valence-electron chi connectivity index (χ4n) is 1.74. The van der Waals surface area contributed by atoms with Crippen LogP contribution in [0.15, 0.2) is 0 Å². The summed E-state index contributed by atoms with van der Waals surface area (Å²) < 4.78 is 0. The van der Waals surface area contributed by atoms with Crippen molar-refractivity contribution in [2.45, 2.75) is 20.8 Å². The fraction of sp³-hybridized carbons (Fsp3) is 0.750. The second kappa shape index (κ2) is 1.84. The van der Waals surface area contributed by atoms with E-state index in [1.54, 1.807) is 20.8 Å². The molecule has 1 saturated carbocycles. The van der Waals surface area contributed by atoms with E-state index in [1.165, 1.54) is 0 Å². The third-order valence-electron chi connectivity index (χ3n) is 3.24. The van der Waals surface area contributed by atoms with E-state index < -0.39 is 11.4 Å². The minimum absolute atomic E-state index is 0.326. The van der Waals surface area contributed by atoms with Crippen LogP contribution in [0.3, 0.4) is 0 Å². The van der Waals surface area contributed by atoms with Crippen LogP contribution in [0.4, 0.5) is 0 Å². The second-order valence-corrected chi connectivity index (χ2v) is 3.84. The number of rotatable bonds is 2. The van der Waals surface area contributed by atoms with Gasteiger partial charge in [0.25, 0.3) is 0 Å². The molecule has 0 unspecified atom stereocenters. The number of carbonyl (C=O) groups excluding carboxylic acids is 1. The minimum atomic E-state index is -0.875. The zero-order valence-electron chi connectivity index (χ0n) is 6.92. The van der Waals surface area contributed by atoms with Gasteiger partial charge in [0.1, 0.15) is 6.29 Å². The molecule has 3 nitrogen and oxygen atoms in total. The van der Waals surface area contributed by atoms with Crippen molar-refractivity contribution in [3.8, 4) is 0 Å². The molecule has 1 aliphatic rings. The number of aldehydes is 1. The molecular formula is C8H12O3. The van der Waals surface area contributed by atoms with Crippen LogP contribution < -0.4 is 0 Å². The van der Waals surface area contributed by atoms with E-state index >= 15 is 0 Å². The van der Waals surface area contributed by atoms with Gasteiger partial charge in [-0.05, 0) is 12.3 Å². The summed E-state index contributed by atoms with van der Waals surface area (Å²) in [6, 6.07) is 0. The Labute approximate surface area is 65.4 Å². The molecule has 0 bridgehead atoms. The average Bonchev–Trinajstić information content (AvgIpc) is 2.29. The van der Waals surface area contributed by atoms with Gasteiger partial charge in [-0.1, -0.05) is 13.8 Å². The molecule has 1 fully saturated rings. The summed E-state index contributed by atoms with van der Waals surface area (Å²) in [7, 11) is 0. The molecule has 2 atom stereocenters. The summed E-state index contributed by atoms with van der Waals surface area (Å²) >= 11 is 0. The lowest BCUT2D eigenvalue weighted by molar-refractivity contribution is -0.144. The van der Waals surface area contributed by atoms with E-state index in [0.717, 1.165) is 6.29 Å². The second-order valence-electron chi connectivity index (χ2n) is 3.84. The van der Waals surface area contributed by atoms with Crippen LogP contribution >= 0.6 is 0 Å². The topological polar surface area (TPSA) is 54.4 Å². The number of carboxylic acids is 1. The lowest BCUT2D eigenvalue weighted by Crippen LogP contribution is -2.17. The van der Waals surface area contributed by atoms with Gasteiger partial charge in [0.15, 0.2) is 0 Å². The molecule has 0 radical (unpaired) electrons. The van der Waals surface area contributed by atoms with E-state index in [0.29, 0.717) is 0 Å². The standard InChI is InChI=1S/C8H12O3/c1-7(2)5(4-9)8(7,3)6(10)11/h4-5H,1-3H3,(H,10,11)/t5-,8+/m1/s1. The van der Waals surface area contributed by atoms with Crippen molar-refractivity contribution in [1.29, 1.82) is 0 Å². The van der Waals surface area contributed by atoms with E-state index in [-0.39, 0.29) is 11.3 Å². The van der Waals surface area contributed by atoms with Gasteiger partial charge in [-0.3, -0.25) is 4.79 Å². The number of carboxylic acid groups (broad SMARTS) is 1. The largest absolute Gasteiger partial charge is 0.481 e. The first-order valence-electron chi connectivity index (χ1n) is 3.57. The van der Waals surface area contributed by atoms with Crippen molar-refractivity contribution >= 4 is 12.3 Å². The Balaban J connectivity index is 2.95. The Bertz CT molecular complexity index is 219. The number of hydrogen-bond donors (Lipinski definition) is 1. The molecule has 3 heteroatoms. The molecule has 62 valence electrons. The predicted molar refractivity (Wildman–Crippen MR) is 39.1 cm³/mol. The number of aliphatic carboxylic acids is 1. The molecule has 0 heterocycles. The number of hydrogen-bond acceptors (Lipinski definition) is 2. The van der Waals surface area contributed by atoms with Crippen LogP contribution in [0, 0.1) is 16.7 Å². The van der Waals surface area contributed by atoms with Gasteiger partial charge in [0.05, 0.1) is 5.41 Å². The maximum Gasteiger partial charge on any atom is 0.310 e. The first-order chi connectivity index (χ1) is 4.89. The van der Waals surface area contributed by atoms with Crippen molar-refractivity contribution in [2.24, 2.45) is 16.7 Å². The smallest absolute Gasteiger partial charge is 0.310 e. The first kappa shape index (κ1) is 8.24. The summed E-state index contributed by atoms with van der Waals surface area (Å²) in [5.41, 5.74) is -1.21. The SMILES string of the molecule is CC1(C)[C@@H](C=O)[C@@]1(C)C(=O)O. The molecule has 0 spiro atoms. The highest BCUT2D eigenvalue weighted by Crippen LogP contribution is 2.67. The monoisotopic (exact) mass is 156 g/mol. The third kappa shape index (κ3) is 0.682. The summed E-state index contributed by atoms with van der Waals surface area (Å²) in [4.78, 5) is 21.1. The molecule has 0 aromatic heterocycles. The molecule has 1 aliphatic carbocycles. The van der Waals surface area contributed by atoms with Crippen LogP contribution in [0.5, 0.6) is 0 Å². The van der Waals surface area contributed by atoms with Gasteiger partial charge < -0.3 is 9.90 Å². The average molecular weight is 156 g/mol. The van der Waals surface area contributed by atoms with E-state index in [4.69, 9.17) is 5.11 Å². The fourth-order valence-corrected chi connectivity index (χ4v) is 1.74. The van der Waals surface area contributed by atoms with Crippen LogP contribution in [-0.4, -0.2) is 17.4 Å². The molecule has 0 aromatic rings. The van der Waals surface area contributed by atoms with Gasteiger partial charge in [-0.25, -0.2) is 0 Å². The Morgan fingerprint density at radius 1 is 1.45 bits per heavy atom. The highest BCUT2D eigenvalue weighted by Gasteiger charge is 2.72. The molecule has 0 amide bonds. The van der Waals surface area contributed by atoms with E-state index in [2.05, 4.69) is 0 Å². The zero-order chi connectivity index (χ0) is 8.86. The molecule has 0 aliphatic heterocycles. The lowest BCUT2D eigenvalue weighted by Gasteiger charge is -2.06. The van der Waals surface area contributed by atoms with Gasteiger partial charge in [0.2, 0.25) is 0 Å². The molecule has 11 heavy (non-hydrogen) atoms. The van der Waals surface area contributed by atoms with Crippen molar-refractivity contribution < 1.29 is 14.7 Å². The van der Waals surface area contributed by atoms with E-state index in [1.807, 2.05) is 0 Å². The third-order valence-corrected chi connectivity index (χ3v) is 3.24. The van der Waals surface area contributed by atoms with Gasteiger partial charge in [0, 0.05) is 5.92 Å². The quantitative estimate of drug-likeness (QED) is 0.605. The summed E-state index contributed by atoms with van der Waals surface area (Å²) in [6.07, 6.45) is 0.744. The van der Waals surface area contributed by atoms with Crippen molar-refractivity contribution in [3.63, 3.8) is 0 Å². The highest BCUT2D eigenvalue weighted by molar-refractivity contribution is 5.87. The molecular weight excluding hydrogens is 144 g/mol. The molecule has 0 saturated heterocycles. The molecule has 1 N–H and O–H groups in total. The van der Waals surface area contributed by atoms with Crippen molar-refractivity contribution in [3.05, 3.63) is 0 Å². The minimum Gasteiger partial charge on any atom is -0.481 e.